The largest absolute Gasteiger partial charge is 0.444 e. The highest BCUT2D eigenvalue weighted by Crippen LogP contribution is 2.36. The lowest BCUT2D eigenvalue weighted by Gasteiger charge is -2.37. The number of ketones is 1. The van der Waals surface area contributed by atoms with Crippen LogP contribution in [0.1, 0.15) is 57.6 Å². The van der Waals surface area contributed by atoms with E-state index in [1.54, 1.807) is 26.8 Å². The van der Waals surface area contributed by atoms with Crippen LogP contribution < -0.4 is 5.32 Å². The van der Waals surface area contributed by atoms with Crippen molar-refractivity contribution in [1.82, 2.24) is 5.32 Å². The van der Waals surface area contributed by atoms with Crippen molar-refractivity contribution in [1.29, 1.82) is 0 Å². The summed E-state index contributed by atoms with van der Waals surface area (Å²) >= 11 is 6.10. The molecule has 1 aromatic rings. The summed E-state index contributed by atoms with van der Waals surface area (Å²) in [4.78, 5) is 25.0. The van der Waals surface area contributed by atoms with E-state index in [9.17, 15) is 9.59 Å². The Hall–Kier alpha value is -1.55. The van der Waals surface area contributed by atoms with Crippen molar-refractivity contribution >= 4 is 23.5 Å². The molecule has 1 atom stereocenters. The maximum atomic E-state index is 12.7. The minimum atomic E-state index is -1.02. The van der Waals surface area contributed by atoms with Crippen molar-refractivity contribution in [3.05, 3.63) is 34.3 Å². The van der Waals surface area contributed by atoms with Crippen molar-refractivity contribution in [3.8, 4) is 0 Å². The summed E-state index contributed by atoms with van der Waals surface area (Å²) in [5.74, 6) is 0.0244. The van der Waals surface area contributed by atoms with E-state index >= 15 is 0 Å². The lowest BCUT2D eigenvalue weighted by Crippen LogP contribution is -2.54. The molecule has 2 rings (SSSR count). The lowest BCUT2D eigenvalue weighted by molar-refractivity contribution is -0.128. The number of halogens is 1. The first-order valence-corrected chi connectivity index (χ1v) is 8.33. The van der Waals surface area contributed by atoms with Crippen LogP contribution in [0.5, 0.6) is 0 Å². The number of ether oxygens (including phenoxy) is 1. The van der Waals surface area contributed by atoms with E-state index in [2.05, 4.69) is 5.32 Å². The van der Waals surface area contributed by atoms with E-state index in [0.717, 1.165) is 24.0 Å². The number of amides is 1. The zero-order valence-electron chi connectivity index (χ0n) is 14.2. The van der Waals surface area contributed by atoms with Gasteiger partial charge in [0.25, 0.3) is 0 Å². The van der Waals surface area contributed by atoms with E-state index in [-0.39, 0.29) is 5.78 Å². The van der Waals surface area contributed by atoms with Crippen molar-refractivity contribution in [2.24, 2.45) is 0 Å². The summed E-state index contributed by atoms with van der Waals surface area (Å²) in [6.07, 6.45) is 2.19. The Morgan fingerprint density at radius 3 is 2.57 bits per heavy atom. The third-order valence-corrected chi connectivity index (χ3v) is 4.47. The molecule has 0 aromatic heterocycles. The van der Waals surface area contributed by atoms with E-state index in [1.807, 2.05) is 19.1 Å². The van der Waals surface area contributed by atoms with Crippen LogP contribution in [-0.4, -0.2) is 17.5 Å². The minimum Gasteiger partial charge on any atom is -0.444 e. The van der Waals surface area contributed by atoms with Gasteiger partial charge in [-0.15, -0.1) is 0 Å². The maximum Gasteiger partial charge on any atom is 0.408 e. The molecule has 1 N–H and O–H groups in total. The second-order valence-electron chi connectivity index (χ2n) is 7.13. The van der Waals surface area contributed by atoms with Crippen molar-refractivity contribution in [3.63, 3.8) is 0 Å². The van der Waals surface area contributed by atoms with Gasteiger partial charge in [0, 0.05) is 11.4 Å². The molecule has 126 valence electrons. The number of hydrogen-bond donors (Lipinski definition) is 1. The van der Waals surface area contributed by atoms with Crippen LogP contribution in [0.3, 0.4) is 0 Å². The highest BCUT2D eigenvalue weighted by atomic mass is 35.5. The molecule has 0 bridgehead atoms. The second kappa shape index (κ2) is 6.52. The molecule has 0 heterocycles. The van der Waals surface area contributed by atoms with Crippen LogP contribution in [0.25, 0.3) is 0 Å². The van der Waals surface area contributed by atoms with Crippen LogP contribution in [0.15, 0.2) is 18.2 Å². The van der Waals surface area contributed by atoms with Gasteiger partial charge in [-0.25, -0.2) is 4.79 Å². The molecule has 1 aliphatic rings. The molecule has 1 saturated carbocycles. The molecule has 1 fully saturated rings. The summed E-state index contributed by atoms with van der Waals surface area (Å²) in [5.41, 5.74) is 0.0253. The zero-order valence-corrected chi connectivity index (χ0v) is 14.9. The van der Waals surface area contributed by atoms with Gasteiger partial charge in [-0.3, -0.25) is 4.79 Å². The Morgan fingerprint density at radius 2 is 2.00 bits per heavy atom. The Morgan fingerprint density at radius 1 is 1.30 bits per heavy atom. The van der Waals surface area contributed by atoms with Gasteiger partial charge in [-0.1, -0.05) is 23.7 Å². The molecule has 0 spiro atoms. The van der Waals surface area contributed by atoms with Crippen LogP contribution in [0.2, 0.25) is 5.02 Å². The van der Waals surface area contributed by atoms with Crippen LogP contribution in [0, 0.1) is 6.92 Å². The van der Waals surface area contributed by atoms with Gasteiger partial charge in [-0.2, -0.15) is 0 Å². The van der Waals surface area contributed by atoms with Gasteiger partial charge in [0.1, 0.15) is 11.1 Å². The van der Waals surface area contributed by atoms with E-state index in [4.69, 9.17) is 16.3 Å². The van der Waals surface area contributed by atoms with Gasteiger partial charge in [-0.05, 0) is 64.2 Å². The van der Waals surface area contributed by atoms with E-state index in [0.29, 0.717) is 17.9 Å². The monoisotopic (exact) mass is 337 g/mol. The smallest absolute Gasteiger partial charge is 0.408 e. The molecule has 0 radical (unpaired) electrons. The minimum absolute atomic E-state index is 0.0244. The quantitative estimate of drug-likeness (QED) is 0.863. The molecule has 0 saturated heterocycles. The fraction of sp³-hybridized carbons (Fsp3) is 0.556. The molecule has 0 aliphatic heterocycles. The SMILES string of the molecule is Cc1cc(C2(NC(=O)OC(C)(C)C)CCCCC2=O)ccc1Cl. The molecule has 1 aromatic carbocycles. The zero-order chi connectivity index (χ0) is 17.3. The fourth-order valence-corrected chi connectivity index (χ4v) is 3.04. The van der Waals surface area contributed by atoms with Crippen molar-refractivity contribution in [2.75, 3.05) is 0 Å². The first-order valence-electron chi connectivity index (χ1n) is 7.95. The number of aryl methyl sites for hydroxylation is 1. The topological polar surface area (TPSA) is 55.4 Å². The van der Waals surface area contributed by atoms with Crippen LogP contribution in [-0.2, 0) is 15.1 Å². The second-order valence-corrected chi connectivity index (χ2v) is 7.53. The highest BCUT2D eigenvalue weighted by molar-refractivity contribution is 6.31. The predicted octanol–water partition coefficient (Wildman–Crippen LogP) is 4.51. The standard InChI is InChI=1S/C18H24ClNO3/c1-12-11-13(8-9-14(12)19)18(10-6-5-7-15(18)21)20-16(22)23-17(2,3)4/h8-9,11H,5-7,10H2,1-4H3,(H,20,22). The fourth-order valence-electron chi connectivity index (χ4n) is 2.93. The van der Waals surface area contributed by atoms with Gasteiger partial charge in [0.05, 0.1) is 0 Å². The highest BCUT2D eigenvalue weighted by Gasteiger charge is 2.43. The average Bonchev–Trinajstić information content (AvgIpc) is 2.42. The van der Waals surface area contributed by atoms with Crippen molar-refractivity contribution < 1.29 is 14.3 Å². The molecular weight excluding hydrogens is 314 g/mol. The van der Waals surface area contributed by atoms with Gasteiger partial charge in [0.15, 0.2) is 5.78 Å². The molecule has 4 nitrogen and oxygen atoms in total. The Labute approximate surface area is 142 Å². The summed E-state index contributed by atoms with van der Waals surface area (Å²) < 4.78 is 5.36. The number of carbonyl (C=O) groups excluding carboxylic acids is 2. The number of alkyl carbamates (subject to hydrolysis) is 1. The van der Waals surface area contributed by atoms with E-state index < -0.39 is 17.2 Å². The number of carbonyl (C=O) groups is 2. The first-order chi connectivity index (χ1) is 10.6. The summed E-state index contributed by atoms with van der Waals surface area (Å²) in [6, 6.07) is 5.46. The maximum absolute atomic E-state index is 12.7. The van der Waals surface area contributed by atoms with Gasteiger partial charge >= 0.3 is 6.09 Å². The molecule has 23 heavy (non-hydrogen) atoms. The Kier molecular flexibility index (Phi) is 5.04. The summed E-state index contributed by atoms with van der Waals surface area (Å²) in [5, 5.41) is 3.49. The lowest BCUT2D eigenvalue weighted by atomic mass is 9.75. The van der Waals surface area contributed by atoms with Gasteiger partial charge < -0.3 is 10.1 Å². The number of nitrogens with one attached hydrogen (secondary N) is 1. The number of benzene rings is 1. The normalized spacial score (nSPS) is 21.9. The van der Waals surface area contributed by atoms with Crippen LogP contribution in [0.4, 0.5) is 4.79 Å². The Bertz CT molecular complexity index is 621. The molecular formula is C18H24ClNO3. The molecule has 1 unspecified atom stereocenters. The summed E-state index contributed by atoms with van der Waals surface area (Å²) in [7, 11) is 0. The Balaban J connectivity index is 2.38. The van der Waals surface area contributed by atoms with E-state index in [1.165, 1.54) is 0 Å². The third-order valence-electron chi connectivity index (χ3n) is 4.05. The number of rotatable bonds is 2. The number of Topliss-reactive ketones (excluding diaryl/α,β-unsaturated/α-hetero) is 1. The van der Waals surface area contributed by atoms with Gasteiger partial charge in [0.2, 0.25) is 0 Å². The van der Waals surface area contributed by atoms with Crippen LogP contribution >= 0.6 is 11.6 Å². The molecule has 1 amide bonds. The first kappa shape index (κ1) is 17.8. The third kappa shape index (κ3) is 4.05. The summed E-state index contributed by atoms with van der Waals surface area (Å²) in [6.45, 7) is 7.29. The predicted molar refractivity (Wildman–Crippen MR) is 90.7 cm³/mol. The molecule has 5 heteroatoms. The number of hydrogen-bond acceptors (Lipinski definition) is 3. The van der Waals surface area contributed by atoms with Crippen molar-refractivity contribution in [2.45, 2.75) is 64.5 Å². The average molecular weight is 338 g/mol. The molecule has 1 aliphatic carbocycles.